The van der Waals surface area contributed by atoms with Crippen molar-refractivity contribution in [1.82, 2.24) is 5.32 Å². The topological polar surface area (TPSA) is 12.0 Å². The van der Waals surface area contributed by atoms with Crippen LogP contribution in [0.1, 0.15) is 59.8 Å². The van der Waals surface area contributed by atoms with E-state index in [1.807, 2.05) is 0 Å². The van der Waals surface area contributed by atoms with Crippen molar-refractivity contribution in [3.63, 3.8) is 0 Å². The van der Waals surface area contributed by atoms with Crippen molar-refractivity contribution < 1.29 is 0 Å². The van der Waals surface area contributed by atoms with Gasteiger partial charge in [-0.3, -0.25) is 0 Å². The second-order valence-electron chi connectivity index (χ2n) is 4.15. The van der Waals surface area contributed by atoms with Crippen LogP contribution in [0.15, 0.2) is 0 Å². The molecule has 0 aliphatic heterocycles. The summed E-state index contributed by atoms with van der Waals surface area (Å²) in [5.74, 6) is 0.881. The molecular weight excluding hydrogens is 158 g/mol. The Labute approximate surface area is 84.3 Å². The third-order valence-corrected chi connectivity index (χ3v) is 2.90. The summed E-state index contributed by atoms with van der Waals surface area (Å²) in [4.78, 5) is 0. The summed E-state index contributed by atoms with van der Waals surface area (Å²) in [6.45, 7) is 10.3. The maximum atomic E-state index is 3.64. The molecule has 1 heteroatoms. The molecule has 0 rings (SSSR count). The van der Waals surface area contributed by atoms with Gasteiger partial charge in [0.1, 0.15) is 0 Å². The Balaban J connectivity index is 3.37. The lowest BCUT2D eigenvalue weighted by atomic mass is 10.0. The molecule has 80 valence electrons. The largest absolute Gasteiger partial charge is 0.314 e. The Morgan fingerprint density at radius 2 is 1.69 bits per heavy atom. The molecule has 0 aliphatic carbocycles. The second-order valence-corrected chi connectivity index (χ2v) is 4.15. The zero-order chi connectivity index (χ0) is 10.1. The van der Waals surface area contributed by atoms with Gasteiger partial charge in [-0.2, -0.15) is 0 Å². The summed E-state index contributed by atoms with van der Waals surface area (Å²) < 4.78 is 0. The monoisotopic (exact) mass is 185 g/mol. The van der Waals surface area contributed by atoms with Crippen LogP contribution in [0.2, 0.25) is 0 Å². The Morgan fingerprint density at radius 3 is 2.15 bits per heavy atom. The first-order chi connectivity index (χ1) is 6.24. The van der Waals surface area contributed by atoms with E-state index in [0.29, 0.717) is 0 Å². The van der Waals surface area contributed by atoms with Crippen molar-refractivity contribution in [2.24, 2.45) is 5.92 Å². The number of nitrogens with one attached hydrogen (secondary N) is 1. The Kier molecular flexibility index (Phi) is 8.53. The molecule has 2 unspecified atom stereocenters. The molecule has 0 saturated heterocycles. The zero-order valence-corrected chi connectivity index (χ0v) is 9.90. The summed E-state index contributed by atoms with van der Waals surface area (Å²) in [6.07, 6.45) is 6.54. The van der Waals surface area contributed by atoms with E-state index >= 15 is 0 Å². The Bertz CT molecular complexity index is 101. The smallest absolute Gasteiger partial charge is 0.00643 e. The standard InChI is InChI=1S/C12H27N/c1-5-8-12(7-3)13-10-9-11(4)6-2/h11-13H,5-10H2,1-4H3. The number of rotatable bonds is 8. The summed E-state index contributed by atoms with van der Waals surface area (Å²) >= 11 is 0. The van der Waals surface area contributed by atoms with Gasteiger partial charge in [-0.1, -0.05) is 40.5 Å². The highest BCUT2D eigenvalue weighted by Crippen LogP contribution is 2.06. The predicted molar refractivity (Wildman–Crippen MR) is 61.1 cm³/mol. The molecule has 0 aromatic heterocycles. The fraction of sp³-hybridized carbons (Fsp3) is 1.00. The first-order valence-corrected chi connectivity index (χ1v) is 5.97. The molecule has 1 N–H and O–H groups in total. The van der Waals surface area contributed by atoms with Crippen molar-refractivity contribution in [2.75, 3.05) is 6.54 Å². The Morgan fingerprint density at radius 1 is 1.00 bits per heavy atom. The summed E-state index contributed by atoms with van der Waals surface area (Å²) in [5.41, 5.74) is 0. The van der Waals surface area contributed by atoms with Crippen molar-refractivity contribution in [3.05, 3.63) is 0 Å². The molecule has 0 spiro atoms. The van der Waals surface area contributed by atoms with Crippen LogP contribution in [0.3, 0.4) is 0 Å². The molecular formula is C12H27N. The van der Waals surface area contributed by atoms with Gasteiger partial charge in [-0.25, -0.2) is 0 Å². The van der Waals surface area contributed by atoms with Crippen LogP contribution in [-0.4, -0.2) is 12.6 Å². The van der Waals surface area contributed by atoms with E-state index in [9.17, 15) is 0 Å². The lowest BCUT2D eigenvalue weighted by Gasteiger charge is -2.17. The van der Waals surface area contributed by atoms with Crippen LogP contribution >= 0.6 is 0 Å². The predicted octanol–water partition coefficient (Wildman–Crippen LogP) is 3.59. The van der Waals surface area contributed by atoms with Crippen LogP contribution in [0, 0.1) is 5.92 Å². The van der Waals surface area contributed by atoms with Gasteiger partial charge in [-0.05, 0) is 31.7 Å². The molecule has 0 aromatic carbocycles. The third kappa shape index (κ3) is 7.06. The van der Waals surface area contributed by atoms with Crippen LogP contribution < -0.4 is 5.32 Å². The lowest BCUT2D eigenvalue weighted by Crippen LogP contribution is -2.29. The molecule has 0 saturated carbocycles. The highest BCUT2D eigenvalue weighted by Gasteiger charge is 2.04. The summed E-state index contributed by atoms with van der Waals surface area (Å²) in [7, 11) is 0. The van der Waals surface area contributed by atoms with Gasteiger partial charge in [0.05, 0.1) is 0 Å². The first kappa shape index (κ1) is 13.0. The average Bonchev–Trinajstić information content (AvgIpc) is 2.16. The van der Waals surface area contributed by atoms with Crippen molar-refractivity contribution in [1.29, 1.82) is 0 Å². The average molecular weight is 185 g/mol. The van der Waals surface area contributed by atoms with Gasteiger partial charge in [0.25, 0.3) is 0 Å². The van der Waals surface area contributed by atoms with Crippen molar-refractivity contribution in [2.45, 2.75) is 65.8 Å². The normalized spacial score (nSPS) is 15.7. The fourth-order valence-electron chi connectivity index (χ4n) is 1.54. The van der Waals surface area contributed by atoms with Gasteiger partial charge in [0, 0.05) is 6.04 Å². The number of hydrogen-bond donors (Lipinski definition) is 1. The second kappa shape index (κ2) is 8.55. The van der Waals surface area contributed by atoms with Crippen LogP contribution in [0.4, 0.5) is 0 Å². The van der Waals surface area contributed by atoms with Gasteiger partial charge >= 0.3 is 0 Å². The van der Waals surface area contributed by atoms with E-state index < -0.39 is 0 Å². The SMILES string of the molecule is CCCC(CC)NCCC(C)CC. The van der Waals surface area contributed by atoms with Crippen molar-refractivity contribution >= 4 is 0 Å². The van der Waals surface area contributed by atoms with Crippen LogP contribution in [-0.2, 0) is 0 Å². The Hall–Kier alpha value is -0.0400. The molecule has 2 atom stereocenters. The molecule has 0 fully saturated rings. The van der Waals surface area contributed by atoms with Crippen molar-refractivity contribution in [3.8, 4) is 0 Å². The van der Waals surface area contributed by atoms with E-state index in [1.54, 1.807) is 0 Å². The van der Waals surface area contributed by atoms with E-state index in [1.165, 1.54) is 38.6 Å². The molecule has 0 heterocycles. The minimum Gasteiger partial charge on any atom is -0.314 e. The molecule has 1 nitrogen and oxygen atoms in total. The molecule has 0 bridgehead atoms. The minimum atomic E-state index is 0.758. The van der Waals surface area contributed by atoms with Crippen LogP contribution in [0.25, 0.3) is 0 Å². The van der Waals surface area contributed by atoms with Gasteiger partial charge in [0.15, 0.2) is 0 Å². The third-order valence-electron chi connectivity index (χ3n) is 2.90. The minimum absolute atomic E-state index is 0.758. The van der Waals surface area contributed by atoms with Gasteiger partial charge in [-0.15, -0.1) is 0 Å². The molecule has 0 amide bonds. The van der Waals surface area contributed by atoms with E-state index in [2.05, 4.69) is 33.0 Å². The molecule has 13 heavy (non-hydrogen) atoms. The van der Waals surface area contributed by atoms with E-state index in [-0.39, 0.29) is 0 Å². The summed E-state index contributed by atoms with van der Waals surface area (Å²) in [5, 5.41) is 3.64. The van der Waals surface area contributed by atoms with E-state index in [4.69, 9.17) is 0 Å². The van der Waals surface area contributed by atoms with Gasteiger partial charge in [0.2, 0.25) is 0 Å². The fourth-order valence-corrected chi connectivity index (χ4v) is 1.54. The molecule has 0 radical (unpaired) electrons. The maximum Gasteiger partial charge on any atom is 0.00643 e. The van der Waals surface area contributed by atoms with Gasteiger partial charge < -0.3 is 5.32 Å². The maximum absolute atomic E-state index is 3.64. The lowest BCUT2D eigenvalue weighted by molar-refractivity contribution is 0.420. The highest BCUT2D eigenvalue weighted by atomic mass is 14.9. The number of hydrogen-bond acceptors (Lipinski definition) is 1. The first-order valence-electron chi connectivity index (χ1n) is 5.97. The van der Waals surface area contributed by atoms with Crippen LogP contribution in [0.5, 0.6) is 0 Å². The summed E-state index contributed by atoms with van der Waals surface area (Å²) in [6, 6.07) is 0.758. The molecule has 0 aliphatic rings. The molecule has 0 aromatic rings. The zero-order valence-electron chi connectivity index (χ0n) is 9.90. The van der Waals surface area contributed by atoms with E-state index in [0.717, 1.165) is 12.0 Å². The quantitative estimate of drug-likeness (QED) is 0.609. The highest BCUT2D eigenvalue weighted by molar-refractivity contribution is 4.64.